The number of allylic oxidation sites excluding steroid dienone is 2. The molecule has 1 aromatic heterocycles. The molecule has 0 fully saturated rings. The van der Waals surface area contributed by atoms with Gasteiger partial charge in [0, 0.05) is 16.7 Å². The molecule has 0 N–H and O–H groups in total. The van der Waals surface area contributed by atoms with Gasteiger partial charge >= 0.3 is 0 Å². The van der Waals surface area contributed by atoms with Crippen molar-refractivity contribution in [1.29, 1.82) is 0 Å². The predicted molar refractivity (Wildman–Crippen MR) is 96.9 cm³/mol. The van der Waals surface area contributed by atoms with Gasteiger partial charge in [-0.2, -0.15) is 0 Å². The highest BCUT2D eigenvalue weighted by molar-refractivity contribution is 7.19. The second-order valence-electron chi connectivity index (χ2n) is 5.25. The van der Waals surface area contributed by atoms with Gasteiger partial charge in [0.15, 0.2) is 0 Å². The smallest absolute Gasteiger partial charge is 0.123 e. The van der Waals surface area contributed by atoms with Crippen LogP contribution in [0.1, 0.15) is 45.2 Å². The Morgan fingerprint density at radius 2 is 1.86 bits per heavy atom. The first-order chi connectivity index (χ1) is 10.1. The molecule has 1 heterocycles. The molecular formula is C19H23NS. The SMILES string of the molecule is CC=Nc1sc(-c2ccccc2)c(C)c1/C(C)=C(\C)CC. The van der Waals surface area contributed by atoms with E-state index in [9.17, 15) is 0 Å². The van der Waals surface area contributed by atoms with Gasteiger partial charge in [-0.25, -0.2) is 4.99 Å². The summed E-state index contributed by atoms with van der Waals surface area (Å²) in [6.45, 7) is 10.8. The molecule has 0 radical (unpaired) electrons. The van der Waals surface area contributed by atoms with E-state index in [1.807, 2.05) is 13.1 Å². The van der Waals surface area contributed by atoms with Crippen LogP contribution in [-0.2, 0) is 0 Å². The summed E-state index contributed by atoms with van der Waals surface area (Å²) in [5.41, 5.74) is 6.74. The number of rotatable bonds is 4. The van der Waals surface area contributed by atoms with Crippen LogP contribution < -0.4 is 0 Å². The fraction of sp³-hybridized carbons (Fsp3) is 0.316. The van der Waals surface area contributed by atoms with Crippen LogP contribution in [0.4, 0.5) is 5.00 Å². The highest BCUT2D eigenvalue weighted by Crippen LogP contribution is 2.45. The quantitative estimate of drug-likeness (QED) is 0.560. The van der Waals surface area contributed by atoms with Crippen molar-refractivity contribution in [2.75, 3.05) is 0 Å². The van der Waals surface area contributed by atoms with Gasteiger partial charge in [0.25, 0.3) is 0 Å². The molecule has 2 heteroatoms. The summed E-state index contributed by atoms with van der Waals surface area (Å²) in [5, 5.41) is 1.12. The third-order valence-electron chi connectivity index (χ3n) is 3.96. The third-order valence-corrected chi connectivity index (χ3v) is 5.20. The molecular weight excluding hydrogens is 274 g/mol. The van der Waals surface area contributed by atoms with E-state index in [0.29, 0.717) is 0 Å². The predicted octanol–water partition coefficient (Wildman–Crippen LogP) is 6.65. The minimum absolute atomic E-state index is 1.08. The van der Waals surface area contributed by atoms with Crippen LogP contribution in [0.5, 0.6) is 0 Å². The Morgan fingerprint density at radius 1 is 1.19 bits per heavy atom. The molecule has 0 atom stereocenters. The van der Waals surface area contributed by atoms with E-state index in [-0.39, 0.29) is 0 Å². The van der Waals surface area contributed by atoms with Crippen molar-refractivity contribution in [1.82, 2.24) is 0 Å². The van der Waals surface area contributed by atoms with Crippen molar-refractivity contribution in [3.05, 3.63) is 47.0 Å². The van der Waals surface area contributed by atoms with E-state index < -0.39 is 0 Å². The van der Waals surface area contributed by atoms with Crippen molar-refractivity contribution >= 4 is 28.1 Å². The molecule has 2 aromatic rings. The van der Waals surface area contributed by atoms with Gasteiger partial charge in [-0.1, -0.05) is 42.8 Å². The lowest BCUT2D eigenvalue weighted by molar-refractivity contribution is 1.10. The molecule has 0 saturated carbocycles. The third kappa shape index (κ3) is 3.16. The van der Waals surface area contributed by atoms with E-state index in [1.165, 1.54) is 32.7 Å². The van der Waals surface area contributed by atoms with Crippen LogP contribution in [-0.4, -0.2) is 6.21 Å². The summed E-state index contributed by atoms with van der Waals surface area (Å²) >= 11 is 1.79. The van der Waals surface area contributed by atoms with Gasteiger partial charge in [-0.15, -0.1) is 11.3 Å². The largest absolute Gasteiger partial charge is 0.250 e. The Kier molecular flexibility index (Phi) is 5.13. The van der Waals surface area contributed by atoms with E-state index in [2.05, 4.69) is 63.0 Å². The van der Waals surface area contributed by atoms with Gasteiger partial charge in [-0.3, -0.25) is 0 Å². The molecule has 0 saturated heterocycles. The Hall–Kier alpha value is -1.67. The topological polar surface area (TPSA) is 12.4 Å². The van der Waals surface area contributed by atoms with Crippen LogP contribution >= 0.6 is 11.3 Å². The lowest BCUT2D eigenvalue weighted by Crippen LogP contribution is -1.87. The van der Waals surface area contributed by atoms with Crippen LogP contribution in [0, 0.1) is 6.92 Å². The van der Waals surface area contributed by atoms with Crippen molar-refractivity contribution in [2.24, 2.45) is 4.99 Å². The average Bonchev–Trinajstić information content (AvgIpc) is 2.83. The van der Waals surface area contributed by atoms with Crippen molar-refractivity contribution in [3.8, 4) is 10.4 Å². The van der Waals surface area contributed by atoms with Gasteiger partial charge in [-0.05, 0) is 50.8 Å². The lowest BCUT2D eigenvalue weighted by atomic mass is 9.97. The average molecular weight is 297 g/mol. The summed E-state index contributed by atoms with van der Waals surface area (Å²) < 4.78 is 0. The molecule has 0 aliphatic rings. The summed E-state index contributed by atoms with van der Waals surface area (Å²) in [7, 11) is 0. The zero-order valence-electron chi connectivity index (χ0n) is 13.5. The fourth-order valence-electron chi connectivity index (χ4n) is 2.49. The Balaban J connectivity index is 2.68. The number of hydrogen-bond donors (Lipinski definition) is 0. The number of nitrogens with zero attached hydrogens (tertiary/aromatic N) is 1. The van der Waals surface area contributed by atoms with Crippen molar-refractivity contribution < 1.29 is 0 Å². The Labute approximate surface area is 132 Å². The van der Waals surface area contributed by atoms with E-state index in [0.717, 1.165) is 11.4 Å². The maximum Gasteiger partial charge on any atom is 0.123 e. The number of benzene rings is 1. The van der Waals surface area contributed by atoms with E-state index in [4.69, 9.17) is 0 Å². The molecule has 1 nitrogen and oxygen atoms in total. The lowest BCUT2D eigenvalue weighted by Gasteiger charge is -2.08. The summed E-state index contributed by atoms with van der Waals surface area (Å²) in [5.74, 6) is 0. The van der Waals surface area contributed by atoms with Crippen LogP contribution in [0.3, 0.4) is 0 Å². The zero-order chi connectivity index (χ0) is 15.4. The van der Waals surface area contributed by atoms with Gasteiger partial charge in [0.2, 0.25) is 0 Å². The van der Waals surface area contributed by atoms with Crippen LogP contribution in [0.15, 0.2) is 40.9 Å². The maximum absolute atomic E-state index is 4.61. The van der Waals surface area contributed by atoms with Gasteiger partial charge in [0.1, 0.15) is 5.00 Å². The summed E-state index contributed by atoms with van der Waals surface area (Å²) in [4.78, 5) is 5.94. The first kappa shape index (κ1) is 15.7. The normalized spacial score (nSPS) is 12.8. The molecule has 0 aliphatic heterocycles. The molecule has 0 unspecified atom stereocenters. The number of hydrogen-bond acceptors (Lipinski definition) is 2. The minimum atomic E-state index is 1.08. The minimum Gasteiger partial charge on any atom is -0.250 e. The van der Waals surface area contributed by atoms with Crippen LogP contribution in [0.2, 0.25) is 0 Å². The fourth-order valence-corrected chi connectivity index (χ4v) is 3.76. The van der Waals surface area contributed by atoms with Crippen molar-refractivity contribution in [2.45, 2.75) is 41.0 Å². The highest BCUT2D eigenvalue weighted by Gasteiger charge is 2.17. The summed E-state index contributed by atoms with van der Waals surface area (Å²) in [6.07, 6.45) is 2.97. The first-order valence-corrected chi connectivity index (χ1v) is 8.26. The molecule has 110 valence electrons. The Morgan fingerprint density at radius 3 is 2.43 bits per heavy atom. The second kappa shape index (κ2) is 6.86. The highest BCUT2D eigenvalue weighted by atomic mass is 32.1. The van der Waals surface area contributed by atoms with Crippen molar-refractivity contribution in [3.63, 3.8) is 0 Å². The maximum atomic E-state index is 4.61. The van der Waals surface area contributed by atoms with Gasteiger partial charge < -0.3 is 0 Å². The molecule has 0 spiro atoms. The standard InChI is InChI=1S/C19H23NS/c1-6-13(3)14(4)17-15(5)18(21-19(17)20-7-2)16-11-9-8-10-12-16/h7-12H,6H2,1-5H3/b14-13+,20-7?. The van der Waals surface area contributed by atoms with Crippen LogP contribution in [0.25, 0.3) is 16.0 Å². The molecule has 1 aromatic carbocycles. The molecule has 21 heavy (non-hydrogen) atoms. The monoisotopic (exact) mass is 297 g/mol. The van der Waals surface area contributed by atoms with E-state index in [1.54, 1.807) is 11.3 Å². The molecule has 0 aliphatic carbocycles. The number of aliphatic imine (C=N–C) groups is 1. The number of thiophene rings is 1. The first-order valence-electron chi connectivity index (χ1n) is 7.44. The van der Waals surface area contributed by atoms with Gasteiger partial charge in [0.05, 0.1) is 0 Å². The summed E-state index contributed by atoms with van der Waals surface area (Å²) in [6, 6.07) is 10.6. The zero-order valence-corrected chi connectivity index (χ0v) is 14.3. The second-order valence-corrected chi connectivity index (χ2v) is 6.25. The van der Waals surface area contributed by atoms with E-state index >= 15 is 0 Å². The molecule has 0 bridgehead atoms. The molecule has 0 amide bonds. The molecule has 2 rings (SSSR count). The Bertz CT molecular complexity index is 675.